The first-order valence-electron chi connectivity index (χ1n) is 12.3. The van der Waals surface area contributed by atoms with Crippen LogP contribution in [0.1, 0.15) is 59.6 Å². The molecule has 176 valence electrons. The van der Waals surface area contributed by atoms with E-state index in [0.717, 1.165) is 48.3 Å². The van der Waals surface area contributed by atoms with Crippen LogP contribution >= 0.6 is 11.6 Å². The molecule has 2 aliphatic rings. The zero-order valence-corrected chi connectivity index (χ0v) is 20.3. The molecule has 0 aliphatic carbocycles. The van der Waals surface area contributed by atoms with Crippen molar-refractivity contribution in [3.8, 4) is 11.1 Å². The molecule has 0 unspecified atom stereocenters. The lowest BCUT2D eigenvalue weighted by Gasteiger charge is -2.33. The highest BCUT2D eigenvalue weighted by Gasteiger charge is 2.28. The van der Waals surface area contributed by atoms with Crippen molar-refractivity contribution in [3.63, 3.8) is 0 Å². The zero-order valence-electron chi connectivity index (χ0n) is 19.5. The molecule has 3 heterocycles. The molecule has 2 fully saturated rings. The summed E-state index contributed by atoms with van der Waals surface area (Å²) in [6, 6.07) is 16.0. The molecule has 2 aromatic carbocycles. The maximum absolute atomic E-state index is 13.3. The first-order valence-corrected chi connectivity index (χ1v) is 12.7. The summed E-state index contributed by atoms with van der Waals surface area (Å²) in [5.41, 5.74) is 4.90. The monoisotopic (exact) mass is 474 g/mol. The summed E-state index contributed by atoms with van der Waals surface area (Å²) < 4.78 is 0. The van der Waals surface area contributed by atoms with E-state index in [1.807, 2.05) is 47.5 Å². The topological polar surface area (TPSA) is 49.3 Å². The minimum Gasteiger partial charge on any atom is -0.338 e. The molecular weight excluding hydrogens is 444 g/mol. The van der Waals surface area contributed by atoms with Crippen LogP contribution in [0, 0.1) is 0 Å². The molecule has 3 aromatic rings. The second kappa shape index (κ2) is 10.7. The fraction of sp³-hybridized carbons (Fsp3) is 0.393. The number of carbonyl (C=O) groups excluding carboxylic acids is 1. The van der Waals surface area contributed by atoms with Gasteiger partial charge in [-0.2, -0.15) is 0 Å². The highest BCUT2D eigenvalue weighted by molar-refractivity contribution is 6.33. The molecule has 0 spiro atoms. The Labute approximate surface area is 206 Å². The predicted molar refractivity (Wildman–Crippen MR) is 136 cm³/mol. The summed E-state index contributed by atoms with van der Waals surface area (Å²) in [6.07, 6.45) is 9.30. The second-order valence-corrected chi connectivity index (χ2v) is 9.83. The molecule has 1 amide bonds. The Kier molecular flexibility index (Phi) is 7.21. The molecular formula is C28H31ClN4O. The number of nitrogens with zero attached hydrogens (tertiary/aromatic N) is 4. The molecule has 34 heavy (non-hydrogen) atoms. The third-order valence-electron chi connectivity index (χ3n) is 7.06. The van der Waals surface area contributed by atoms with Crippen molar-refractivity contribution in [1.82, 2.24) is 19.8 Å². The number of halogens is 1. The van der Waals surface area contributed by atoms with Gasteiger partial charge in [-0.15, -0.1) is 0 Å². The maximum Gasteiger partial charge on any atom is 0.253 e. The van der Waals surface area contributed by atoms with Crippen LogP contribution in [0.4, 0.5) is 0 Å². The highest BCUT2D eigenvalue weighted by atomic mass is 35.5. The van der Waals surface area contributed by atoms with Gasteiger partial charge in [-0.1, -0.05) is 48.4 Å². The minimum atomic E-state index is 0.0996. The SMILES string of the molecule is O=C(c1ccc(CN2CCCCC2)cc1)N1CCC[C@@H](c2ncncc2-c2ccccc2Cl)C1. The molecule has 1 aromatic heterocycles. The molecule has 0 N–H and O–H groups in total. The van der Waals surface area contributed by atoms with Crippen LogP contribution in [0.2, 0.25) is 5.02 Å². The van der Waals surface area contributed by atoms with Crippen molar-refractivity contribution in [2.75, 3.05) is 26.2 Å². The van der Waals surface area contributed by atoms with Gasteiger partial charge in [0, 0.05) is 53.5 Å². The largest absolute Gasteiger partial charge is 0.338 e. The number of carbonyl (C=O) groups is 1. The van der Waals surface area contributed by atoms with Crippen molar-refractivity contribution in [3.05, 3.63) is 82.9 Å². The Morgan fingerprint density at radius 2 is 1.74 bits per heavy atom. The fourth-order valence-corrected chi connectivity index (χ4v) is 5.48. The first-order chi connectivity index (χ1) is 16.7. The van der Waals surface area contributed by atoms with Gasteiger partial charge in [0.05, 0.1) is 5.69 Å². The van der Waals surface area contributed by atoms with E-state index in [-0.39, 0.29) is 11.8 Å². The highest BCUT2D eigenvalue weighted by Crippen LogP contribution is 2.35. The van der Waals surface area contributed by atoms with Crippen molar-refractivity contribution in [2.45, 2.75) is 44.6 Å². The molecule has 2 aliphatic heterocycles. The van der Waals surface area contributed by atoms with E-state index in [1.165, 1.54) is 37.9 Å². The average Bonchev–Trinajstić information content (AvgIpc) is 2.90. The molecule has 2 saturated heterocycles. The van der Waals surface area contributed by atoms with E-state index in [9.17, 15) is 4.79 Å². The Bertz CT molecular complexity index is 1130. The Morgan fingerprint density at radius 1 is 0.941 bits per heavy atom. The minimum absolute atomic E-state index is 0.0996. The van der Waals surface area contributed by atoms with E-state index >= 15 is 0 Å². The third-order valence-corrected chi connectivity index (χ3v) is 7.39. The van der Waals surface area contributed by atoms with E-state index in [4.69, 9.17) is 11.6 Å². The molecule has 1 atom stereocenters. The van der Waals surface area contributed by atoms with Gasteiger partial charge in [0.25, 0.3) is 5.91 Å². The Balaban J connectivity index is 1.30. The number of hydrogen-bond donors (Lipinski definition) is 0. The number of benzene rings is 2. The van der Waals surface area contributed by atoms with Gasteiger partial charge in [-0.05, 0) is 62.5 Å². The number of rotatable bonds is 5. The number of aromatic nitrogens is 2. The predicted octanol–water partition coefficient (Wildman–Crippen LogP) is 5.80. The van der Waals surface area contributed by atoms with Crippen molar-refractivity contribution in [1.29, 1.82) is 0 Å². The van der Waals surface area contributed by atoms with E-state index in [1.54, 1.807) is 6.33 Å². The van der Waals surface area contributed by atoms with Crippen LogP contribution in [0.15, 0.2) is 61.1 Å². The van der Waals surface area contributed by atoms with Crippen LogP contribution in [0.5, 0.6) is 0 Å². The fourth-order valence-electron chi connectivity index (χ4n) is 5.25. The molecule has 5 rings (SSSR count). The van der Waals surface area contributed by atoms with Crippen molar-refractivity contribution >= 4 is 17.5 Å². The summed E-state index contributed by atoms with van der Waals surface area (Å²) in [4.78, 5) is 26.7. The lowest BCUT2D eigenvalue weighted by Crippen LogP contribution is -2.39. The number of hydrogen-bond acceptors (Lipinski definition) is 4. The van der Waals surface area contributed by atoms with Crippen LogP contribution in [-0.2, 0) is 6.54 Å². The van der Waals surface area contributed by atoms with Crippen LogP contribution in [0.25, 0.3) is 11.1 Å². The van der Waals surface area contributed by atoms with Crippen LogP contribution < -0.4 is 0 Å². The van der Waals surface area contributed by atoms with Gasteiger partial charge in [-0.3, -0.25) is 9.69 Å². The summed E-state index contributed by atoms with van der Waals surface area (Å²) >= 11 is 6.48. The van der Waals surface area contributed by atoms with Gasteiger partial charge >= 0.3 is 0 Å². The summed E-state index contributed by atoms with van der Waals surface area (Å²) in [5.74, 6) is 0.257. The van der Waals surface area contributed by atoms with E-state index in [0.29, 0.717) is 11.6 Å². The second-order valence-electron chi connectivity index (χ2n) is 9.43. The van der Waals surface area contributed by atoms with E-state index < -0.39 is 0 Å². The van der Waals surface area contributed by atoms with Gasteiger partial charge in [-0.25, -0.2) is 9.97 Å². The van der Waals surface area contributed by atoms with Crippen LogP contribution in [-0.4, -0.2) is 51.9 Å². The van der Waals surface area contributed by atoms with Gasteiger partial charge in [0.1, 0.15) is 6.33 Å². The molecule has 0 bridgehead atoms. The molecule has 0 radical (unpaired) electrons. The van der Waals surface area contributed by atoms with Crippen molar-refractivity contribution in [2.24, 2.45) is 0 Å². The van der Waals surface area contributed by atoms with Gasteiger partial charge in [0.2, 0.25) is 0 Å². The molecule has 0 saturated carbocycles. The normalized spacial score (nSPS) is 19.2. The Morgan fingerprint density at radius 3 is 2.53 bits per heavy atom. The van der Waals surface area contributed by atoms with E-state index in [2.05, 4.69) is 27.0 Å². The number of likely N-dealkylation sites (tertiary alicyclic amines) is 2. The van der Waals surface area contributed by atoms with Gasteiger partial charge in [0.15, 0.2) is 0 Å². The standard InChI is InChI=1S/C28H31ClN4O/c29-26-9-3-2-8-24(26)25-17-30-20-31-27(25)23-7-6-16-33(19-23)28(34)22-12-10-21(11-13-22)18-32-14-4-1-5-15-32/h2-3,8-13,17,20,23H,1,4-7,14-16,18-19H2/t23-/m1/s1. The zero-order chi connectivity index (χ0) is 23.3. The number of amides is 1. The first kappa shape index (κ1) is 23.0. The lowest BCUT2D eigenvalue weighted by atomic mass is 9.89. The van der Waals surface area contributed by atoms with Gasteiger partial charge < -0.3 is 4.90 Å². The molecule has 5 nitrogen and oxygen atoms in total. The summed E-state index contributed by atoms with van der Waals surface area (Å²) in [7, 11) is 0. The van der Waals surface area contributed by atoms with Crippen molar-refractivity contribution < 1.29 is 4.79 Å². The average molecular weight is 475 g/mol. The smallest absolute Gasteiger partial charge is 0.253 e. The summed E-state index contributed by atoms with van der Waals surface area (Å²) in [6.45, 7) is 4.75. The quantitative estimate of drug-likeness (QED) is 0.468. The molecule has 6 heteroatoms. The Hall–Kier alpha value is -2.76. The third kappa shape index (κ3) is 5.16. The number of piperidine rings is 2. The maximum atomic E-state index is 13.3. The van der Waals surface area contributed by atoms with Crippen LogP contribution in [0.3, 0.4) is 0 Å². The summed E-state index contributed by atoms with van der Waals surface area (Å²) in [5, 5.41) is 0.687. The lowest BCUT2D eigenvalue weighted by molar-refractivity contribution is 0.0706.